The minimum atomic E-state index is 0.560. The van der Waals surface area contributed by atoms with E-state index in [0.717, 1.165) is 22.2 Å². The molecule has 2 heterocycles. The number of aromatic amines is 1. The SMILES string of the molecule is Nc1sccc1-c1n[nH]c(C2CCCCC2)n1. The average Bonchev–Trinajstić information content (AvgIpc) is 2.98. The monoisotopic (exact) mass is 248 g/mol. The molecule has 0 amide bonds. The lowest BCUT2D eigenvalue weighted by molar-refractivity contribution is 0.429. The van der Waals surface area contributed by atoms with Gasteiger partial charge in [0.05, 0.1) is 10.6 Å². The number of nitrogen functional groups attached to an aromatic ring is 1. The van der Waals surface area contributed by atoms with Crippen LogP contribution in [-0.4, -0.2) is 15.2 Å². The third-order valence-electron chi connectivity index (χ3n) is 3.43. The summed E-state index contributed by atoms with van der Waals surface area (Å²) in [4.78, 5) is 4.60. The summed E-state index contributed by atoms with van der Waals surface area (Å²) < 4.78 is 0. The van der Waals surface area contributed by atoms with Gasteiger partial charge < -0.3 is 5.73 Å². The highest BCUT2D eigenvalue weighted by Crippen LogP contribution is 2.33. The topological polar surface area (TPSA) is 67.6 Å². The molecule has 3 rings (SSSR count). The van der Waals surface area contributed by atoms with E-state index in [1.165, 1.54) is 43.4 Å². The first kappa shape index (κ1) is 10.8. The Hall–Kier alpha value is -1.36. The fourth-order valence-electron chi connectivity index (χ4n) is 2.46. The molecule has 0 aromatic carbocycles. The van der Waals surface area contributed by atoms with Crippen molar-refractivity contribution in [2.45, 2.75) is 38.0 Å². The van der Waals surface area contributed by atoms with Gasteiger partial charge in [0.2, 0.25) is 0 Å². The van der Waals surface area contributed by atoms with E-state index in [-0.39, 0.29) is 0 Å². The van der Waals surface area contributed by atoms with Crippen molar-refractivity contribution < 1.29 is 0 Å². The fraction of sp³-hybridized carbons (Fsp3) is 0.500. The van der Waals surface area contributed by atoms with Crippen molar-refractivity contribution in [3.8, 4) is 11.4 Å². The molecule has 0 spiro atoms. The van der Waals surface area contributed by atoms with Crippen molar-refractivity contribution in [2.75, 3.05) is 5.73 Å². The molecule has 0 atom stereocenters. The lowest BCUT2D eigenvalue weighted by Crippen LogP contribution is -2.06. The first-order valence-corrected chi connectivity index (χ1v) is 6.98. The van der Waals surface area contributed by atoms with Crippen LogP contribution in [0.3, 0.4) is 0 Å². The van der Waals surface area contributed by atoms with Gasteiger partial charge in [0.25, 0.3) is 0 Å². The van der Waals surface area contributed by atoms with Gasteiger partial charge in [-0.3, -0.25) is 5.10 Å². The predicted octanol–water partition coefficient (Wildman–Crippen LogP) is 3.16. The van der Waals surface area contributed by atoms with Crippen molar-refractivity contribution in [2.24, 2.45) is 0 Å². The van der Waals surface area contributed by atoms with E-state index in [4.69, 9.17) is 5.73 Å². The van der Waals surface area contributed by atoms with Crippen molar-refractivity contribution >= 4 is 16.3 Å². The molecule has 1 saturated carbocycles. The van der Waals surface area contributed by atoms with E-state index in [2.05, 4.69) is 15.2 Å². The summed E-state index contributed by atoms with van der Waals surface area (Å²) in [7, 11) is 0. The quantitative estimate of drug-likeness (QED) is 0.857. The minimum Gasteiger partial charge on any atom is -0.390 e. The van der Waals surface area contributed by atoms with Crippen molar-refractivity contribution in [1.82, 2.24) is 15.2 Å². The number of H-pyrrole nitrogens is 1. The Morgan fingerprint density at radius 2 is 2.12 bits per heavy atom. The van der Waals surface area contributed by atoms with Gasteiger partial charge in [-0.15, -0.1) is 11.3 Å². The number of anilines is 1. The Labute approximate surface area is 104 Å². The summed E-state index contributed by atoms with van der Waals surface area (Å²) >= 11 is 1.53. The number of nitrogens with two attached hydrogens (primary N) is 1. The van der Waals surface area contributed by atoms with Crippen LogP contribution in [0.1, 0.15) is 43.8 Å². The number of aromatic nitrogens is 3. The van der Waals surface area contributed by atoms with Crippen molar-refractivity contribution in [1.29, 1.82) is 0 Å². The van der Waals surface area contributed by atoms with E-state index in [0.29, 0.717) is 5.92 Å². The maximum Gasteiger partial charge on any atom is 0.184 e. The smallest absolute Gasteiger partial charge is 0.184 e. The van der Waals surface area contributed by atoms with Crippen LogP contribution in [0.5, 0.6) is 0 Å². The summed E-state index contributed by atoms with van der Waals surface area (Å²) in [5.74, 6) is 2.33. The molecule has 0 saturated heterocycles. The van der Waals surface area contributed by atoms with Crippen LogP contribution in [0.4, 0.5) is 5.00 Å². The van der Waals surface area contributed by atoms with Gasteiger partial charge in [0.15, 0.2) is 5.82 Å². The second-order valence-corrected chi connectivity index (χ2v) is 5.53. The van der Waals surface area contributed by atoms with E-state index in [1.807, 2.05) is 11.4 Å². The molecule has 1 aliphatic rings. The first-order chi connectivity index (χ1) is 8.34. The highest BCUT2D eigenvalue weighted by molar-refractivity contribution is 7.14. The first-order valence-electron chi connectivity index (χ1n) is 6.10. The Morgan fingerprint density at radius 3 is 2.82 bits per heavy atom. The molecular weight excluding hydrogens is 232 g/mol. The third-order valence-corrected chi connectivity index (χ3v) is 4.18. The number of nitrogens with one attached hydrogen (secondary N) is 1. The fourth-order valence-corrected chi connectivity index (χ4v) is 3.10. The Kier molecular flexibility index (Phi) is 2.84. The standard InChI is InChI=1S/C12H16N4S/c13-10-9(6-7-17-10)12-14-11(15-16-12)8-4-2-1-3-5-8/h6-8H,1-5,13H2,(H,14,15,16). The number of nitrogens with zero attached hydrogens (tertiary/aromatic N) is 2. The zero-order valence-electron chi connectivity index (χ0n) is 9.65. The number of thiophene rings is 1. The number of rotatable bonds is 2. The summed E-state index contributed by atoms with van der Waals surface area (Å²) in [5.41, 5.74) is 6.84. The predicted molar refractivity (Wildman–Crippen MR) is 69.9 cm³/mol. The highest BCUT2D eigenvalue weighted by atomic mass is 32.1. The highest BCUT2D eigenvalue weighted by Gasteiger charge is 2.20. The summed E-state index contributed by atoms with van der Waals surface area (Å²) in [6.45, 7) is 0. The van der Waals surface area contributed by atoms with Crippen LogP contribution in [0.2, 0.25) is 0 Å². The van der Waals surface area contributed by atoms with Gasteiger partial charge in [-0.25, -0.2) is 4.98 Å². The van der Waals surface area contributed by atoms with Crippen molar-refractivity contribution in [3.05, 3.63) is 17.3 Å². The maximum atomic E-state index is 5.88. The molecule has 4 nitrogen and oxygen atoms in total. The van der Waals surface area contributed by atoms with E-state index >= 15 is 0 Å². The van der Waals surface area contributed by atoms with E-state index in [1.54, 1.807) is 0 Å². The summed E-state index contributed by atoms with van der Waals surface area (Å²) in [6.07, 6.45) is 6.43. The molecule has 3 N–H and O–H groups in total. The van der Waals surface area contributed by atoms with Gasteiger partial charge in [0.1, 0.15) is 5.82 Å². The van der Waals surface area contributed by atoms with E-state index < -0.39 is 0 Å². The normalized spacial score (nSPS) is 17.4. The lowest BCUT2D eigenvalue weighted by atomic mass is 9.89. The molecule has 0 unspecified atom stereocenters. The van der Waals surface area contributed by atoms with Gasteiger partial charge in [-0.05, 0) is 24.3 Å². The summed E-state index contributed by atoms with van der Waals surface area (Å²) in [6, 6.07) is 1.98. The minimum absolute atomic E-state index is 0.560. The largest absolute Gasteiger partial charge is 0.390 e. The van der Waals surface area contributed by atoms with Crippen LogP contribution in [0.25, 0.3) is 11.4 Å². The number of hydrogen-bond donors (Lipinski definition) is 2. The van der Waals surface area contributed by atoms with Crippen molar-refractivity contribution in [3.63, 3.8) is 0 Å². The van der Waals surface area contributed by atoms with Crippen LogP contribution in [0, 0.1) is 0 Å². The molecule has 0 radical (unpaired) electrons. The molecule has 1 aliphatic carbocycles. The summed E-state index contributed by atoms with van der Waals surface area (Å²) in [5, 5.41) is 10.1. The molecule has 0 bridgehead atoms. The second kappa shape index (κ2) is 4.49. The third kappa shape index (κ3) is 2.07. The molecule has 5 heteroatoms. The van der Waals surface area contributed by atoms with Gasteiger partial charge in [-0.2, -0.15) is 5.10 Å². The molecule has 1 fully saturated rings. The van der Waals surface area contributed by atoms with Crippen LogP contribution >= 0.6 is 11.3 Å². The molecule has 0 aliphatic heterocycles. The van der Waals surface area contributed by atoms with Gasteiger partial charge in [-0.1, -0.05) is 19.3 Å². The Morgan fingerprint density at radius 1 is 1.29 bits per heavy atom. The lowest BCUT2D eigenvalue weighted by Gasteiger charge is -2.18. The molecule has 2 aromatic rings. The number of hydrogen-bond acceptors (Lipinski definition) is 4. The molecule has 17 heavy (non-hydrogen) atoms. The molecule has 90 valence electrons. The maximum absolute atomic E-state index is 5.88. The van der Waals surface area contributed by atoms with E-state index in [9.17, 15) is 0 Å². The van der Waals surface area contributed by atoms with Crippen LogP contribution < -0.4 is 5.73 Å². The van der Waals surface area contributed by atoms with Crippen LogP contribution in [-0.2, 0) is 0 Å². The van der Waals surface area contributed by atoms with Gasteiger partial charge >= 0.3 is 0 Å². The Bertz CT molecular complexity index is 496. The zero-order valence-corrected chi connectivity index (χ0v) is 10.5. The second-order valence-electron chi connectivity index (χ2n) is 4.58. The zero-order chi connectivity index (χ0) is 11.7. The Balaban J connectivity index is 1.85. The van der Waals surface area contributed by atoms with Gasteiger partial charge in [0, 0.05) is 5.92 Å². The molecule has 2 aromatic heterocycles. The van der Waals surface area contributed by atoms with Crippen LogP contribution in [0.15, 0.2) is 11.4 Å². The average molecular weight is 248 g/mol. The molecular formula is C12H16N4S.